The van der Waals surface area contributed by atoms with Gasteiger partial charge in [0.15, 0.2) is 5.76 Å². The Labute approximate surface area is 148 Å². The van der Waals surface area contributed by atoms with E-state index >= 15 is 0 Å². The number of benzene rings is 2. The molecular weight excluding hydrogens is 343 g/mol. The molecule has 0 bridgehead atoms. The van der Waals surface area contributed by atoms with Crippen LogP contribution in [0.4, 0.5) is 10.1 Å². The Kier molecular flexibility index (Phi) is 3.81. The topological polar surface area (TPSA) is 55.1 Å². The standard InChI is InChI=1S/C19H14ClFN2O2/c20-12-4-3-5-13(10-12)22-18(24)19(8-9-19)17-11-16(25-23-17)14-6-1-2-7-15(14)21/h1-7,10-11H,8-9H2,(H,22,24). The largest absolute Gasteiger partial charge is 0.356 e. The maximum atomic E-state index is 13.9. The molecule has 1 saturated carbocycles. The minimum atomic E-state index is -0.727. The SMILES string of the molecule is O=C(Nc1cccc(Cl)c1)C1(c2cc(-c3ccccc3F)on2)CC1. The molecule has 0 spiro atoms. The number of rotatable bonds is 4. The molecule has 0 radical (unpaired) electrons. The molecule has 0 unspecified atom stereocenters. The molecule has 0 aliphatic heterocycles. The van der Waals surface area contributed by atoms with E-state index in [0.717, 1.165) is 0 Å². The second kappa shape index (κ2) is 6.01. The van der Waals surface area contributed by atoms with E-state index in [1.165, 1.54) is 6.07 Å². The molecule has 1 amide bonds. The highest BCUT2D eigenvalue weighted by Gasteiger charge is 2.53. The summed E-state index contributed by atoms with van der Waals surface area (Å²) in [7, 11) is 0. The Morgan fingerprint density at radius 1 is 1.16 bits per heavy atom. The van der Waals surface area contributed by atoms with Crippen molar-refractivity contribution in [2.45, 2.75) is 18.3 Å². The molecule has 126 valence electrons. The summed E-state index contributed by atoms with van der Waals surface area (Å²) in [5.41, 5.74) is 0.745. The Hall–Kier alpha value is -2.66. The summed E-state index contributed by atoms with van der Waals surface area (Å²) in [6, 6.07) is 14.9. The van der Waals surface area contributed by atoms with Gasteiger partial charge in [0.25, 0.3) is 0 Å². The fraction of sp³-hybridized carbons (Fsp3) is 0.158. The predicted molar refractivity (Wildman–Crippen MR) is 92.9 cm³/mol. The van der Waals surface area contributed by atoms with Crippen LogP contribution in [0.1, 0.15) is 18.5 Å². The summed E-state index contributed by atoms with van der Waals surface area (Å²) < 4.78 is 19.2. The van der Waals surface area contributed by atoms with Crippen molar-refractivity contribution < 1.29 is 13.7 Å². The van der Waals surface area contributed by atoms with Crippen molar-refractivity contribution in [3.63, 3.8) is 0 Å². The molecule has 0 saturated heterocycles. The third-order valence-corrected chi connectivity index (χ3v) is 4.64. The Bertz CT molecular complexity index is 950. The highest BCUT2D eigenvalue weighted by Crippen LogP contribution is 2.49. The molecule has 4 nitrogen and oxygen atoms in total. The van der Waals surface area contributed by atoms with Crippen molar-refractivity contribution in [3.05, 3.63) is 71.1 Å². The van der Waals surface area contributed by atoms with Crippen LogP contribution in [0.3, 0.4) is 0 Å². The van der Waals surface area contributed by atoms with E-state index in [-0.39, 0.29) is 5.91 Å². The number of hydrogen-bond donors (Lipinski definition) is 1. The van der Waals surface area contributed by atoms with Crippen molar-refractivity contribution in [2.75, 3.05) is 5.32 Å². The Morgan fingerprint density at radius 3 is 2.68 bits per heavy atom. The van der Waals surface area contributed by atoms with E-state index in [1.807, 2.05) is 0 Å². The molecule has 1 N–H and O–H groups in total. The van der Waals surface area contributed by atoms with Gasteiger partial charge in [0.05, 0.1) is 16.7 Å². The highest BCUT2D eigenvalue weighted by atomic mass is 35.5. The van der Waals surface area contributed by atoms with E-state index in [2.05, 4.69) is 10.5 Å². The predicted octanol–water partition coefficient (Wildman–Crippen LogP) is 4.80. The monoisotopic (exact) mass is 356 g/mol. The van der Waals surface area contributed by atoms with Crippen molar-refractivity contribution in [1.82, 2.24) is 5.16 Å². The molecule has 25 heavy (non-hydrogen) atoms. The number of nitrogens with one attached hydrogen (secondary N) is 1. The zero-order valence-electron chi connectivity index (χ0n) is 13.1. The molecule has 1 aliphatic rings. The summed E-state index contributed by atoms with van der Waals surface area (Å²) in [4.78, 5) is 12.7. The number of carbonyl (C=O) groups is 1. The van der Waals surface area contributed by atoms with Gasteiger partial charge < -0.3 is 9.84 Å². The number of hydrogen-bond acceptors (Lipinski definition) is 3. The number of halogens is 2. The lowest BCUT2D eigenvalue weighted by atomic mass is 10.00. The second-order valence-corrected chi connectivity index (χ2v) is 6.54. The molecule has 4 rings (SSSR count). The number of aromatic nitrogens is 1. The lowest BCUT2D eigenvalue weighted by Crippen LogP contribution is -2.28. The highest BCUT2D eigenvalue weighted by molar-refractivity contribution is 6.30. The maximum Gasteiger partial charge on any atom is 0.236 e. The lowest BCUT2D eigenvalue weighted by molar-refractivity contribution is -0.118. The van der Waals surface area contributed by atoms with E-state index in [0.29, 0.717) is 40.6 Å². The van der Waals surface area contributed by atoms with Crippen LogP contribution in [0.15, 0.2) is 59.1 Å². The van der Waals surface area contributed by atoms with Gasteiger partial charge in [-0.2, -0.15) is 0 Å². The summed E-state index contributed by atoms with van der Waals surface area (Å²) in [6.45, 7) is 0. The smallest absolute Gasteiger partial charge is 0.236 e. The van der Waals surface area contributed by atoms with E-state index < -0.39 is 11.2 Å². The van der Waals surface area contributed by atoms with Gasteiger partial charge in [-0.25, -0.2) is 4.39 Å². The maximum absolute atomic E-state index is 13.9. The Morgan fingerprint density at radius 2 is 1.96 bits per heavy atom. The van der Waals surface area contributed by atoms with Crippen LogP contribution in [0.5, 0.6) is 0 Å². The summed E-state index contributed by atoms with van der Waals surface area (Å²) >= 11 is 5.95. The average Bonchev–Trinajstić information content (AvgIpc) is 3.27. The quantitative estimate of drug-likeness (QED) is 0.730. The van der Waals surface area contributed by atoms with Gasteiger partial charge >= 0.3 is 0 Å². The zero-order valence-corrected chi connectivity index (χ0v) is 13.9. The normalized spacial score (nSPS) is 15.0. The number of nitrogens with zero attached hydrogens (tertiary/aromatic N) is 1. The van der Waals surface area contributed by atoms with Crippen LogP contribution in [0.25, 0.3) is 11.3 Å². The first-order valence-electron chi connectivity index (χ1n) is 7.88. The fourth-order valence-electron chi connectivity index (χ4n) is 2.83. The third-order valence-electron chi connectivity index (χ3n) is 4.41. The first-order valence-corrected chi connectivity index (χ1v) is 8.25. The van der Waals surface area contributed by atoms with Crippen LogP contribution in [0, 0.1) is 5.82 Å². The van der Waals surface area contributed by atoms with Crippen molar-refractivity contribution in [3.8, 4) is 11.3 Å². The van der Waals surface area contributed by atoms with Gasteiger partial charge in [0.1, 0.15) is 5.82 Å². The van der Waals surface area contributed by atoms with Crippen LogP contribution >= 0.6 is 11.6 Å². The fourth-order valence-corrected chi connectivity index (χ4v) is 3.02. The minimum Gasteiger partial charge on any atom is -0.356 e. The van der Waals surface area contributed by atoms with Crippen molar-refractivity contribution >= 4 is 23.2 Å². The van der Waals surface area contributed by atoms with Crippen LogP contribution < -0.4 is 5.32 Å². The van der Waals surface area contributed by atoms with Crippen LogP contribution in [0.2, 0.25) is 5.02 Å². The van der Waals surface area contributed by atoms with E-state index in [9.17, 15) is 9.18 Å². The molecule has 6 heteroatoms. The van der Waals surface area contributed by atoms with Gasteiger partial charge in [-0.15, -0.1) is 0 Å². The van der Waals surface area contributed by atoms with Gasteiger partial charge in [-0.3, -0.25) is 4.79 Å². The molecule has 1 aromatic heterocycles. The molecule has 2 aromatic carbocycles. The molecule has 1 aliphatic carbocycles. The first-order chi connectivity index (χ1) is 12.1. The molecule has 3 aromatic rings. The van der Waals surface area contributed by atoms with Crippen molar-refractivity contribution in [2.24, 2.45) is 0 Å². The molecular formula is C19H14ClFN2O2. The average molecular weight is 357 g/mol. The third kappa shape index (κ3) is 2.91. The zero-order chi connectivity index (χ0) is 17.4. The van der Waals surface area contributed by atoms with Gasteiger partial charge in [-0.1, -0.05) is 35.0 Å². The number of anilines is 1. The minimum absolute atomic E-state index is 0.164. The van der Waals surface area contributed by atoms with Gasteiger partial charge in [-0.05, 0) is 43.2 Å². The molecule has 1 heterocycles. The molecule has 0 atom stereocenters. The first kappa shape index (κ1) is 15.8. The van der Waals surface area contributed by atoms with Crippen molar-refractivity contribution in [1.29, 1.82) is 0 Å². The van der Waals surface area contributed by atoms with Gasteiger partial charge in [0.2, 0.25) is 5.91 Å². The summed E-state index contributed by atoms with van der Waals surface area (Å²) in [6.07, 6.45) is 1.34. The van der Waals surface area contributed by atoms with Crippen LogP contribution in [-0.4, -0.2) is 11.1 Å². The second-order valence-electron chi connectivity index (χ2n) is 6.10. The van der Waals surface area contributed by atoms with Gasteiger partial charge in [0, 0.05) is 16.8 Å². The summed E-state index contributed by atoms with van der Waals surface area (Å²) in [5.74, 6) is -0.239. The number of amides is 1. The van der Waals surface area contributed by atoms with E-state index in [1.54, 1.807) is 48.5 Å². The Balaban J connectivity index is 1.59. The van der Waals surface area contributed by atoms with Crippen LogP contribution in [-0.2, 0) is 10.2 Å². The van der Waals surface area contributed by atoms with E-state index in [4.69, 9.17) is 16.1 Å². The number of carbonyl (C=O) groups excluding carboxylic acids is 1. The lowest BCUT2D eigenvalue weighted by Gasteiger charge is -2.12. The molecule has 1 fully saturated rings. The summed E-state index contributed by atoms with van der Waals surface area (Å²) in [5, 5.41) is 7.43.